The molecule has 0 aliphatic carbocycles. The highest BCUT2D eigenvalue weighted by molar-refractivity contribution is 5.27. The van der Waals surface area contributed by atoms with E-state index in [9.17, 15) is 17.6 Å². The van der Waals surface area contributed by atoms with E-state index in [1.54, 1.807) is 17.9 Å². The van der Waals surface area contributed by atoms with Gasteiger partial charge < -0.3 is 5.32 Å². The molecule has 7 heteroatoms. The van der Waals surface area contributed by atoms with Crippen molar-refractivity contribution in [2.24, 2.45) is 7.05 Å². The number of halogens is 4. The maximum absolute atomic E-state index is 13.2. The fourth-order valence-electron chi connectivity index (χ4n) is 1.98. The van der Waals surface area contributed by atoms with Crippen molar-refractivity contribution in [2.75, 3.05) is 0 Å². The summed E-state index contributed by atoms with van der Waals surface area (Å²) >= 11 is 0. The van der Waals surface area contributed by atoms with Crippen LogP contribution < -0.4 is 5.32 Å². The average Bonchev–Trinajstić information content (AvgIpc) is 2.69. The van der Waals surface area contributed by atoms with E-state index in [4.69, 9.17) is 0 Å². The lowest BCUT2D eigenvalue weighted by atomic mass is 10.1. The molecule has 0 fully saturated rings. The zero-order valence-corrected chi connectivity index (χ0v) is 11.6. The van der Waals surface area contributed by atoms with Gasteiger partial charge in [0.25, 0.3) is 0 Å². The van der Waals surface area contributed by atoms with Crippen molar-refractivity contribution in [1.29, 1.82) is 0 Å². The van der Waals surface area contributed by atoms with Gasteiger partial charge in [-0.2, -0.15) is 18.3 Å². The first-order valence-corrected chi connectivity index (χ1v) is 6.32. The number of aryl methyl sites for hydroxylation is 1. The Hall–Kier alpha value is -1.89. The van der Waals surface area contributed by atoms with Crippen LogP contribution in [0.5, 0.6) is 0 Å². The molecule has 1 N–H and O–H groups in total. The molecule has 1 aromatic heterocycles. The minimum Gasteiger partial charge on any atom is -0.308 e. The summed E-state index contributed by atoms with van der Waals surface area (Å²) in [5, 5.41) is 7.06. The van der Waals surface area contributed by atoms with E-state index in [0.29, 0.717) is 12.6 Å². The van der Waals surface area contributed by atoms with Gasteiger partial charge in [-0.3, -0.25) is 4.68 Å². The lowest BCUT2D eigenvalue weighted by Gasteiger charge is -2.10. The summed E-state index contributed by atoms with van der Waals surface area (Å²) in [7, 11) is 1.81. The van der Waals surface area contributed by atoms with E-state index >= 15 is 0 Å². The van der Waals surface area contributed by atoms with E-state index in [1.165, 1.54) is 0 Å². The van der Waals surface area contributed by atoms with Crippen LogP contribution in [0.3, 0.4) is 0 Å². The number of nitrogens with one attached hydrogen (secondary N) is 1. The second-order valence-electron chi connectivity index (χ2n) is 4.83. The fraction of sp³-hybridized carbons (Fsp3) is 0.357. The third-order valence-electron chi connectivity index (χ3n) is 3.27. The molecular formula is C14H15F4N3. The van der Waals surface area contributed by atoms with Gasteiger partial charge in [-0.15, -0.1) is 0 Å². The molecule has 0 radical (unpaired) electrons. The van der Waals surface area contributed by atoms with Gasteiger partial charge in [0.05, 0.1) is 11.8 Å². The zero-order chi connectivity index (χ0) is 15.6. The first-order valence-electron chi connectivity index (χ1n) is 6.32. The predicted octanol–water partition coefficient (Wildman–Crippen LogP) is 3.18. The van der Waals surface area contributed by atoms with Crippen LogP contribution in [0.15, 0.2) is 24.4 Å². The Balaban J connectivity index is 2.03. The summed E-state index contributed by atoms with van der Waals surface area (Å²) in [5.74, 6) is -0.890. The number of nitrogens with zero attached hydrogens (tertiary/aromatic N) is 2. The van der Waals surface area contributed by atoms with E-state index in [1.807, 2.05) is 6.92 Å². The van der Waals surface area contributed by atoms with Crippen molar-refractivity contribution in [1.82, 2.24) is 15.1 Å². The highest BCUT2D eigenvalue weighted by atomic mass is 19.4. The Morgan fingerprint density at radius 2 is 1.90 bits per heavy atom. The number of rotatable bonds is 4. The minimum absolute atomic E-state index is 0.148. The SMILES string of the molecule is Cc1c(CNCc2cc(F)cc(C(F)(F)F)c2)cnn1C. The molecule has 3 nitrogen and oxygen atoms in total. The molecule has 0 amide bonds. The minimum atomic E-state index is -4.54. The van der Waals surface area contributed by atoms with Crippen LogP contribution in [0.4, 0.5) is 17.6 Å². The third kappa shape index (κ3) is 3.81. The lowest BCUT2D eigenvalue weighted by molar-refractivity contribution is -0.137. The predicted molar refractivity (Wildman–Crippen MR) is 69.9 cm³/mol. The molecule has 1 aromatic carbocycles. The normalized spacial score (nSPS) is 11.9. The van der Waals surface area contributed by atoms with Crippen LogP contribution in [-0.4, -0.2) is 9.78 Å². The summed E-state index contributed by atoms with van der Waals surface area (Å²) in [5.41, 5.74) is 1.20. The van der Waals surface area contributed by atoms with Crippen molar-refractivity contribution in [2.45, 2.75) is 26.2 Å². The second-order valence-corrected chi connectivity index (χ2v) is 4.83. The van der Waals surface area contributed by atoms with E-state index in [2.05, 4.69) is 10.4 Å². The zero-order valence-electron chi connectivity index (χ0n) is 11.6. The van der Waals surface area contributed by atoms with Gasteiger partial charge in [-0.1, -0.05) is 0 Å². The topological polar surface area (TPSA) is 29.9 Å². The van der Waals surface area contributed by atoms with E-state index in [0.717, 1.165) is 23.4 Å². The molecule has 2 rings (SSSR count). The Kier molecular flexibility index (Phi) is 4.32. The molecule has 114 valence electrons. The Morgan fingerprint density at radius 3 is 2.48 bits per heavy atom. The van der Waals surface area contributed by atoms with Crippen molar-refractivity contribution < 1.29 is 17.6 Å². The Labute approximate surface area is 119 Å². The third-order valence-corrected chi connectivity index (χ3v) is 3.27. The van der Waals surface area contributed by atoms with Crippen molar-refractivity contribution in [3.05, 3.63) is 52.6 Å². The standard InChI is InChI=1S/C14H15F4N3/c1-9-11(8-20-21(9)2)7-19-6-10-3-12(14(16,17)18)5-13(15)4-10/h3-5,8,19H,6-7H2,1-2H3. The summed E-state index contributed by atoms with van der Waals surface area (Å²) in [6.07, 6.45) is -2.86. The van der Waals surface area contributed by atoms with E-state index in [-0.39, 0.29) is 12.1 Å². The molecular weight excluding hydrogens is 286 g/mol. The van der Waals surface area contributed by atoms with Crippen molar-refractivity contribution in [3.63, 3.8) is 0 Å². The van der Waals surface area contributed by atoms with Crippen LogP contribution in [0, 0.1) is 12.7 Å². The number of benzene rings is 1. The second kappa shape index (κ2) is 5.85. The molecule has 0 spiro atoms. The molecule has 0 saturated carbocycles. The van der Waals surface area contributed by atoms with Gasteiger partial charge in [-0.25, -0.2) is 4.39 Å². The highest BCUT2D eigenvalue weighted by Crippen LogP contribution is 2.30. The van der Waals surface area contributed by atoms with Gasteiger partial charge in [0, 0.05) is 31.4 Å². The van der Waals surface area contributed by atoms with Gasteiger partial charge >= 0.3 is 6.18 Å². The Bertz CT molecular complexity index is 632. The molecule has 21 heavy (non-hydrogen) atoms. The molecule has 1 heterocycles. The van der Waals surface area contributed by atoms with Gasteiger partial charge in [0.15, 0.2) is 0 Å². The number of hydrogen-bond donors (Lipinski definition) is 1. The van der Waals surface area contributed by atoms with Crippen LogP contribution in [0.2, 0.25) is 0 Å². The summed E-state index contributed by atoms with van der Waals surface area (Å²) in [6, 6.07) is 2.54. The van der Waals surface area contributed by atoms with Crippen LogP contribution >= 0.6 is 0 Å². The summed E-state index contributed by atoms with van der Waals surface area (Å²) in [6.45, 7) is 2.50. The molecule has 2 aromatic rings. The average molecular weight is 301 g/mol. The van der Waals surface area contributed by atoms with Crippen LogP contribution in [0.25, 0.3) is 0 Å². The molecule has 0 aliphatic rings. The van der Waals surface area contributed by atoms with Crippen LogP contribution in [-0.2, 0) is 26.3 Å². The molecule has 0 unspecified atom stereocenters. The molecule has 0 aliphatic heterocycles. The van der Waals surface area contributed by atoms with Crippen LogP contribution in [0.1, 0.15) is 22.4 Å². The van der Waals surface area contributed by atoms with Gasteiger partial charge in [0.2, 0.25) is 0 Å². The van der Waals surface area contributed by atoms with E-state index < -0.39 is 17.6 Å². The smallest absolute Gasteiger partial charge is 0.308 e. The first kappa shape index (κ1) is 15.5. The number of aromatic nitrogens is 2. The number of hydrogen-bond acceptors (Lipinski definition) is 2. The monoisotopic (exact) mass is 301 g/mol. The maximum Gasteiger partial charge on any atom is 0.416 e. The van der Waals surface area contributed by atoms with Crippen molar-refractivity contribution in [3.8, 4) is 0 Å². The number of alkyl halides is 3. The van der Waals surface area contributed by atoms with Gasteiger partial charge in [-0.05, 0) is 30.7 Å². The quantitative estimate of drug-likeness (QED) is 0.879. The fourth-order valence-corrected chi connectivity index (χ4v) is 1.98. The molecule has 0 saturated heterocycles. The molecule has 0 bridgehead atoms. The maximum atomic E-state index is 13.2. The Morgan fingerprint density at radius 1 is 1.19 bits per heavy atom. The summed E-state index contributed by atoms with van der Waals surface area (Å²) in [4.78, 5) is 0. The van der Waals surface area contributed by atoms with Gasteiger partial charge in [0.1, 0.15) is 5.82 Å². The largest absolute Gasteiger partial charge is 0.416 e. The molecule has 0 atom stereocenters. The van der Waals surface area contributed by atoms with Crippen molar-refractivity contribution >= 4 is 0 Å². The lowest BCUT2D eigenvalue weighted by Crippen LogP contribution is -2.14. The summed E-state index contributed by atoms with van der Waals surface area (Å²) < 4.78 is 52.7. The highest BCUT2D eigenvalue weighted by Gasteiger charge is 2.31. The first-order chi connectivity index (χ1) is 9.77.